The molecule has 0 aliphatic carbocycles. The third-order valence-electron chi connectivity index (χ3n) is 5.63. The molecule has 0 radical (unpaired) electrons. The summed E-state index contributed by atoms with van der Waals surface area (Å²) in [4.78, 5) is 29.5. The second-order valence-electron chi connectivity index (χ2n) is 7.37. The average Bonchev–Trinajstić information content (AvgIpc) is 3.34. The van der Waals surface area contributed by atoms with Crippen LogP contribution in [0.2, 0.25) is 0 Å². The number of thiophene rings is 1. The largest absolute Gasteiger partial charge is 0.497 e. The zero-order valence-corrected chi connectivity index (χ0v) is 19.1. The van der Waals surface area contributed by atoms with Crippen LogP contribution in [0.3, 0.4) is 0 Å². The lowest BCUT2D eigenvalue weighted by atomic mass is 9.81. The predicted molar refractivity (Wildman–Crippen MR) is 123 cm³/mol. The van der Waals surface area contributed by atoms with Crippen molar-refractivity contribution < 1.29 is 23.8 Å². The van der Waals surface area contributed by atoms with E-state index in [1.807, 2.05) is 29.6 Å². The van der Waals surface area contributed by atoms with Crippen LogP contribution >= 0.6 is 11.3 Å². The summed E-state index contributed by atoms with van der Waals surface area (Å²) in [7, 11) is 6.34. The van der Waals surface area contributed by atoms with Crippen molar-refractivity contribution in [3.8, 4) is 17.2 Å². The number of amides is 2. The number of nitrogens with one attached hydrogen (secondary N) is 1. The molecular weight excluding hydrogens is 428 g/mol. The lowest BCUT2D eigenvalue weighted by molar-refractivity contribution is -0.119. The Kier molecular flexibility index (Phi) is 6.05. The number of likely N-dealkylation sites (N-methyl/N-ethyl adjacent to an activating group) is 1. The van der Waals surface area contributed by atoms with E-state index in [1.165, 1.54) is 25.6 Å². The van der Waals surface area contributed by atoms with Crippen molar-refractivity contribution in [2.24, 2.45) is 0 Å². The summed E-state index contributed by atoms with van der Waals surface area (Å²) in [5.41, 5.74) is 1.63. The Morgan fingerprint density at radius 1 is 1.00 bits per heavy atom. The van der Waals surface area contributed by atoms with E-state index < -0.39 is 12.0 Å². The van der Waals surface area contributed by atoms with E-state index >= 15 is 0 Å². The molecule has 8 heteroatoms. The number of fused-ring (bicyclic) bond motifs is 1. The quantitative estimate of drug-likeness (QED) is 0.603. The lowest BCUT2D eigenvalue weighted by Crippen LogP contribution is -2.43. The summed E-state index contributed by atoms with van der Waals surface area (Å²) in [6.45, 7) is 0. The molecule has 1 aromatic heterocycles. The van der Waals surface area contributed by atoms with Gasteiger partial charge in [0.25, 0.3) is 5.91 Å². The zero-order valence-electron chi connectivity index (χ0n) is 18.2. The predicted octanol–water partition coefficient (Wildman–Crippen LogP) is 4.32. The molecule has 2 heterocycles. The van der Waals surface area contributed by atoms with Crippen molar-refractivity contribution in [3.05, 3.63) is 69.9 Å². The molecule has 0 fully saturated rings. The molecule has 0 spiro atoms. The first kappa shape index (κ1) is 21.7. The Hall–Kier alpha value is -3.52. The number of hydrogen-bond acceptors (Lipinski definition) is 6. The van der Waals surface area contributed by atoms with Crippen LogP contribution in [0.25, 0.3) is 0 Å². The smallest absolute Gasteiger partial charge is 0.254 e. The van der Waals surface area contributed by atoms with Crippen molar-refractivity contribution in [1.82, 2.24) is 4.90 Å². The molecule has 1 aliphatic heterocycles. The van der Waals surface area contributed by atoms with Gasteiger partial charge < -0.3 is 24.4 Å². The van der Waals surface area contributed by atoms with Crippen LogP contribution in [0.1, 0.15) is 32.8 Å². The van der Waals surface area contributed by atoms with Crippen molar-refractivity contribution in [2.45, 2.75) is 12.0 Å². The lowest BCUT2D eigenvalue weighted by Gasteiger charge is -2.39. The highest BCUT2D eigenvalue weighted by Crippen LogP contribution is 2.46. The van der Waals surface area contributed by atoms with Gasteiger partial charge >= 0.3 is 0 Å². The number of hydrogen-bond donors (Lipinski definition) is 1. The molecule has 166 valence electrons. The number of carbonyl (C=O) groups is 2. The monoisotopic (exact) mass is 452 g/mol. The second-order valence-corrected chi connectivity index (χ2v) is 8.35. The molecule has 2 amide bonds. The standard InChI is InChI=1S/C24H24N2O5S/c1-26-22(20-9-6-10-32-20)21(23(27)25-14-7-5-8-15(11-14)29-2)16-12-18(30-3)19(31-4)13-17(16)24(26)28/h5-13,21-22H,1-4H3,(H,25,27)/t21-,22-/m0/s1. The number of nitrogens with zero attached hydrogens (tertiary/aromatic N) is 1. The Morgan fingerprint density at radius 3 is 2.41 bits per heavy atom. The van der Waals surface area contributed by atoms with Gasteiger partial charge in [-0.25, -0.2) is 0 Å². The van der Waals surface area contributed by atoms with E-state index in [0.29, 0.717) is 34.1 Å². The van der Waals surface area contributed by atoms with Crippen LogP contribution in [0.5, 0.6) is 17.2 Å². The van der Waals surface area contributed by atoms with E-state index in [-0.39, 0.29) is 11.8 Å². The van der Waals surface area contributed by atoms with Crippen LogP contribution in [0.15, 0.2) is 53.9 Å². The Balaban J connectivity index is 1.84. The molecule has 4 rings (SSSR count). The topological polar surface area (TPSA) is 77.1 Å². The molecule has 1 N–H and O–H groups in total. The second kappa shape index (κ2) is 8.92. The number of methoxy groups -OCH3 is 3. The van der Waals surface area contributed by atoms with Gasteiger partial charge in [0.2, 0.25) is 5.91 Å². The summed E-state index contributed by atoms with van der Waals surface area (Å²) in [5.74, 6) is 0.481. The SMILES string of the molecule is COc1cccc(NC(=O)[C@H]2c3cc(OC)c(OC)cc3C(=O)N(C)[C@H]2c2cccs2)c1. The number of rotatable bonds is 6. The minimum absolute atomic E-state index is 0.176. The Labute approximate surface area is 190 Å². The van der Waals surface area contributed by atoms with Crippen LogP contribution in [0.4, 0.5) is 5.69 Å². The van der Waals surface area contributed by atoms with E-state index in [2.05, 4.69) is 5.32 Å². The number of ether oxygens (including phenoxy) is 3. The van der Waals surface area contributed by atoms with Crippen molar-refractivity contribution in [3.63, 3.8) is 0 Å². The fourth-order valence-corrected chi connectivity index (χ4v) is 4.97. The summed E-state index contributed by atoms with van der Waals surface area (Å²) in [6.07, 6.45) is 0. The van der Waals surface area contributed by atoms with Crippen LogP contribution in [-0.4, -0.2) is 45.1 Å². The third-order valence-corrected chi connectivity index (χ3v) is 6.57. The van der Waals surface area contributed by atoms with E-state index in [9.17, 15) is 9.59 Å². The van der Waals surface area contributed by atoms with Gasteiger partial charge in [0.05, 0.1) is 33.3 Å². The van der Waals surface area contributed by atoms with Gasteiger partial charge in [0.1, 0.15) is 5.75 Å². The molecule has 3 aromatic rings. The van der Waals surface area contributed by atoms with Gasteiger partial charge in [-0.15, -0.1) is 11.3 Å². The molecule has 0 saturated heterocycles. The fraction of sp³-hybridized carbons (Fsp3) is 0.250. The molecule has 0 unspecified atom stereocenters. The first-order valence-corrected chi connectivity index (χ1v) is 10.9. The molecule has 32 heavy (non-hydrogen) atoms. The van der Waals surface area contributed by atoms with Gasteiger partial charge in [-0.3, -0.25) is 9.59 Å². The first-order chi connectivity index (χ1) is 15.5. The molecule has 2 atom stereocenters. The van der Waals surface area contributed by atoms with Gasteiger partial charge in [0, 0.05) is 29.2 Å². The minimum atomic E-state index is -0.655. The maximum absolute atomic E-state index is 13.7. The molecular formula is C24H24N2O5S. The summed E-state index contributed by atoms with van der Waals surface area (Å²) in [5, 5.41) is 4.94. The number of benzene rings is 2. The van der Waals surface area contributed by atoms with Gasteiger partial charge in [0.15, 0.2) is 11.5 Å². The van der Waals surface area contributed by atoms with E-state index in [4.69, 9.17) is 14.2 Å². The Morgan fingerprint density at radius 2 is 1.75 bits per heavy atom. The van der Waals surface area contributed by atoms with Gasteiger partial charge in [-0.05, 0) is 41.3 Å². The normalized spacial score (nSPS) is 17.5. The average molecular weight is 453 g/mol. The first-order valence-electron chi connectivity index (χ1n) is 9.99. The van der Waals surface area contributed by atoms with Gasteiger partial charge in [-0.2, -0.15) is 0 Å². The van der Waals surface area contributed by atoms with Gasteiger partial charge in [-0.1, -0.05) is 12.1 Å². The van der Waals surface area contributed by atoms with Crippen LogP contribution in [0, 0.1) is 0 Å². The van der Waals surface area contributed by atoms with Crippen molar-refractivity contribution in [2.75, 3.05) is 33.7 Å². The van der Waals surface area contributed by atoms with Crippen LogP contribution < -0.4 is 19.5 Å². The number of anilines is 1. The fourth-order valence-electron chi connectivity index (χ4n) is 4.07. The highest BCUT2D eigenvalue weighted by molar-refractivity contribution is 7.10. The van der Waals surface area contributed by atoms with Crippen LogP contribution in [-0.2, 0) is 4.79 Å². The molecule has 1 aliphatic rings. The molecule has 7 nitrogen and oxygen atoms in total. The minimum Gasteiger partial charge on any atom is -0.497 e. The maximum atomic E-state index is 13.7. The third kappa shape index (κ3) is 3.78. The summed E-state index contributed by atoms with van der Waals surface area (Å²) >= 11 is 1.51. The molecule has 0 saturated carbocycles. The van der Waals surface area contributed by atoms with E-state index in [1.54, 1.807) is 43.3 Å². The van der Waals surface area contributed by atoms with E-state index in [0.717, 1.165) is 4.88 Å². The van der Waals surface area contributed by atoms with Crippen molar-refractivity contribution in [1.29, 1.82) is 0 Å². The summed E-state index contributed by atoms with van der Waals surface area (Å²) < 4.78 is 16.1. The zero-order chi connectivity index (χ0) is 22.8. The highest BCUT2D eigenvalue weighted by atomic mass is 32.1. The Bertz CT molecular complexity index is 1150. The van der Waals surface area contributed by atoms with Crippen molar-refractivity contribution >= 4 is 28.8 Å². The molecule has 2 aromatic carbocycles. The molecule has 0 bridgehead atoms. The highest BCUT2D eigenvalue weighted by Gasteiger charge is 2.44. The maximum Gasteiger partial charge on any atom is 0.254 e. The number of carbonyl (C=O) groups excluding carboxylic acids is 2. The summed E-state index contributed by atoms with van der Waals surface area (Å²) in [6, 6.07) is 13.9.